The van der Waals surface area contributed by atoms with Crippen molar-refractivity contribution in [3.63, 3.8) is 0 Å². The molecule has 3 amide bonds. The second kappa shape index (κ2) is 9.02. The third kappa shape index (κ3) is 5.64. The summed E-state index contributed by atoms with van der Waals surface area (Å²) in [6.45, 7) is 7.39. The topological polar surface area (TPSA) is 164 Å². The van der Waals surface area contributed by atoms with Gasteiger partial charge in [0.25, 0.3) is 0 Å². The number of carbonyl (C=O) groups excluding carboxylic acids is 2. The maximum atomic E-state index is 12.6. The zero-order chi connectivity index (χ0) is 24.8. The molecule has 1 aliphatic carbocycles. The Morgan fingerprint density at radius 3 is 2.56 bits per heavy atom. The number of urea groups is 1. The fraction of sp³-hybridized carbons (Fsp3) is 0.737. The third-order valence-electron chi connectivity index (χ3n) is 5.76. The quantitative estimate of drug-likeness (QED) is 0.340. The van der Waals surface area contributed by atoms with Crippen LogP contribution in [0.1, 0.15) is 75.4 Å². The van der Waals surface area contributed by atoms with Gasteiger partial charge in [0.1, 0.15) is 21.5 Å². The number of carbonyl (C=O) groups is 2. The molecule has 2 aliphatic heterocycles. The van der Waals surface area contributed by atoms with E-state index >= 15 is 0 Å². The van der Waals surface area contributed by atoms with Crippen LogP contribution in [0.5, 0.6) is 0 Å². The Bertz CT molecular complexity index is 1090. The molecule has 2 N–H and O–H groups in total. The first-order valence-corrected chi connectivity index (χ1v) is 13.1. The number of ether oxygens (including phenoxy) is 1. The van der Waals surface area contributed by atoms with Gasteiger partial charge in [-0.3, -0.25) is 14.9 Å². The minimum Gasteiger partial charge on any atom is -0.444 e. The van der Waals surface area contributed by atoms with Crippen molar-refractivity contribution >= 4 is 39.7 Å². The van der Waals surface area contributed by atoms with E-state index < -0.39 is 34.2 Å². The number of aromatic nitrogens is 2. The summed E-state index contributed by atoms with van der Waals surface area (Å²) in [4.78, 5) is 30.5. The van der Waals surface area contributed by atoms with Crippen LogP contribution in [-0.4, -0.2) is 75.3 Å². The van der Waals surface area contributed by atoms with Crippen molar-refractivity contribution in [1.29, 1.82) is 0 Å². The number of nitrogens with zero attached hydrogens (tertiary/aromatic N) is 5. The predicted molar refractivity (Wildman–Crippen MR) is 120 cm³/mol. The Morgan fingerprint density at radius 1 is 1.24 bits per heavy atom. The highest BCUT2D eigenvalue weighted by molar-refractivity contribution is 7.80. The van der Waals surface area contributed by atoms with Gasteiger partial charge in [-0.25, -0.2) is 9.59 Å². The van der Waals surface area contributed by atoms with Gasteiger partial charge in [0, 0.05) is 12.5 Å². The Labute approximate surface area is 201 Å². The van der Waals surface area contributed by atoms with Crippen LogP contribution in [0.25, 0.3) is 0 Å². The summed E-state index contributed by atoms with van der Waals surface area (Å²) < 4.78 is 40.7. The number of alkyl carbamates (subject to hydrolysis) is 1. The van der Waals surface area contributed by atoms with Crippen molar-refractivity contribution in [3.05, 3.63) is 10.0 Å². The molecule has 13 nitrogen and oxygen atoms in total. The van der Waals surface area contributed by atoms with E-state index in [1.54, 1.807) is 27.7 Å². The number of amides is 3. The van der Waals surface area contributed by atoms with Crippen molar-refractivity contribution in [3.8, 4) is 0 Å². The average Bonchev–Trinajstić information content (AvgIpc) is 3.22. The zero-order valence-corrected chi connectivity index (χ0v) is 20.9. The molecule has 188 valence electrons. The van der Waals surface area contributed by atoms with E-state index in [1.807, 2.05) is 0 Å². The predicted octanol–water partition coefficient (Wildman–Crippen LogP) is 2.40. The van der Waals surface area contributed by atoms with Crippen molar-refractivity contribution in [2.24, 2.45) is 4.99 Å². The monoisotopic (exact) mass is 516 g/mol. The van der Waals surface area contributed by atoms with E-state index in [-0.39, 0.29) is 24.5 Å². The molecule has 0 spiro atoms. The summed E-state index contributed by atoms with van der Waals surface area (Å²) in [5.74, 6) is 0.691. The van der Waals surface area contributed by atoms with E-state index in [2.05, 4.69) is 24.8 Å². The fourth-order valence-corrected chi connectivity index (χ4v) is 5.79. The smallest absolute Gasteiger partial charge is 0.418 e. The highest BCUT2D eigenvalue weighted by Gasteiger charge is 2.48. The highest BCUT2D eigenvalue weighted by atomic mass is 32.3. The molecule has 1 aromatic rings. The van der Waals surface area contributed by atoms with Crippen LogP contribution in [0.3, 0.4) is 0 Å². The summed E-state index contributed by atoms with van der Waals surface area (Å²) >= 11 is 1.43. The molecule has 34 heavy (non-hydrogen) atoms. The molecule has 0 radical (unpaired) electrons. The van der Waals surface area contributed by atoms with Crippen molar-refractivity contribution < 1.29 is 31.6 Å². The van der Waals surface area contributed by atoms with E-state index in [9.17, 15) is 18.0 Å². The highest BCUT2D eigenvalue weighted by Crippen LogP contribution is 2.44. The number of hydroxylamine groups is 2. The van der Waals surface area contributed by atoms with E-state index in [0.29, 0.717) is 23.7 Å². The Hall–Kier alpha value is -2.36. The number of aliphatic imine (C=N–C) groups is 1. The molecule has 1 aromatic heterocycles. The SMILES string of the molecule is CC(=NC1CC(c2nnc([C@@H]3CC[C@@H]4CN3C(=O)N4OS(=O)(=O)O)s2)C1)NC(=O)OC(C)(C)C. The zero-order valence-electron chi connectivity index (χ0n) is 19.3. The first-order valence-electron chi connectivity index (χ1n) is 10.9. The summed E-state index contributed by atoms with van der Waals surface area (Å²) in [5, 5.41) is 13.5. The lowest BCUT2D eigenvalue weighted by molar-refractivity contribution is -0.0317. The molecule has 0 unspecified atom stereocenters. The summed E-state index contributed by atoms with van der Waals surface area (Å²) in [7, 11) is -4.78. The number of rotatable bonds is 5. The molecular weight excluding hydrogens is 488 g/mol. The van der Waals surface area contributed by atoms with E-state index in [4.69, 9.17) is 9.29 Å². The van der Waals surface area contributed by atoms with Crippen molar-refractivity contribution in [1.82, 2.24) is 25.5 Å². The van der Waals surface area contributed by atoms with Crippen LogP contribution in [0.2, 0.25) is 0 Å². The van der Waals surface area contributed by atoms with Gasteiger partial charge in [-0.1, -0.05) is 11.3 Å². The van der Waals surface area contributed by atoms with Gasteiger partial charge >= 0.3 is 22.5 Å². The molecule has 2 bridgehead atoms. The Kier molecular flexibility index (Phi) is 6.56. The van der Waals surface area contributed by atoms with Crippen LogP contribution in [0.4, 0.5) is 9.59 Å². The summed E-state index contributed by atoms with van der Waals surface area (Å²) in [6, 6.07) is -1.32. The Morgan fingerprint density at radius 2 is 1.91 bits per heavy atom. The van der Waals surface area contributed by atoms with Crippen LogP contribution in [0.15, 0.2) is 4.99 Å². The Balaban J connectivity index is 1.32. The second-order valence-corrected chi connectivity index (χ2v) is 11.7. The third-order valence-corrected chi connectivity index (χ3v) is 7.30. The van der Waals surface area contributed by atoms with Gasteiger partial charge in [-0.2, -0.15) is 13.5 Å². The normalized spacial score (nSPS) is 27.6. The molecule has 3 aliphatic rings. The molecule has 15 heteroatoms. The average molecular weight is 517 g/mol. The number of amidine groups is 1. The minimum absolute atomic E-state index is 0.0639. The van der Waals surface area contributed by atoms with Crippen molar-refractivity contribution in [2.75, 3.05) is 6.54 Å². The van der Waals surface area contributed by atoms with Gasteiger partial charge < -0.3 is 9.64 Å². The van der Waals surface area contributed by atoms with Crippen LogP contribution < -0.4 is 5.32 Å². The van der Waals surface area contributed by atoms with E-state index in [0.717, 1.165) is 22.9 Å². The lowest BCUT2D eigenvalue weighted by Crippen LogP contribution is -2.36. The molecule has 0 aromatic carbocycles. The second-order valence-electron chi connectivity index (χ2n) is 9.65. The number of hydrogen-bond acceptors (Lipinski definition) is 10. The molecule has 2 saturated heterocycles. The minimum atomic E-state index is -4.78. The van der Waals surface area contributed by atoms with E-state index in [1.165, 1.54) is 16.2 Å². The fourth-order valence-electron chi connectivity index (χ4n) is 4.29. The van der Waals surface area contributed by atoms with Gasteiger partial charge in [-0.15, -0.1) is 14.5 Å². The van der Waals surface area contributed by atoms with Crippen molar-refractivity contribution in [2.45, 2.75) is 83.0 Å². The molecule has 2 atom stereocenters. The first-order chi connectivity index (χ1) is 15.8. The van der Waals surface area contributed by atoms with Gasteiger partial charge in [0.2, 0.25) is 0 Å². The molecular formula is C19H28N6O7S2. The maximum Gasteiger partial charge on any atom is 0.418 e. The molecule has 3 heterocycles. The van der Waals surface area contributed by atoms with Crippen LogP contribution in [0, 0.1) is 0 Å². The van der Waals surface area contributed by atoms with Crippen LogP contribution >= 0.6 is 11.3 Å². The molecule has 4 rings (SSSR count). The van der Waals surface area contributed by atoms with Gasteiger partial charge in [0.05, 0.1) is 18.1 Å². The number of nitrogens with one attached hydrogen (secondary N) is 1. The van der Waals surface area contributed by atoms with Crippen LogP contribution in [-0.2, 0) is 19.4 Å². The lowest BCUT2D eigenvalue weighted by Gasteiger charge is -2.31. The largest absolute Gasteiger partial charge is 0.444 e. The number of hydrogen-bond donors (Lipinski definition) is 2. The number of piperidine rings is 1. The molecule has 3 fully saturated rings. The number of fused-ring (bicyclic) bond motifs is 2. The molecule has 1 saturated carbocycles. The summed E-state index contributed by atoms with van der Waals surface area (Å²) in [5.41, 5.74) is -0.581. The first kappa shape index (κ1) is 24.8. The van der Waals surface area contributed by atoms with Gasteiger partial charge in [0.15, 0.2) is 0 Å². The summed E-state index contributed by atoms with van der Waals surface area (Å²) in [6.07, 6.45) is 2.11. The maximum absolute atomic E-state index is 12.6. The van der Waals surface area contributed by atoms with Gasteiger partial charge in [-0.05, 0) is 53.4 Å². The lowest BCUT2D eigenvalue weighted by atomic mass is 9.81. The standard InChI is InChI=1S/C19H28N6O7S2/c1-10(21-17(26)31-19(2,3)4)20-12-7-11(8-12)15-22-23-16(33-15)14-6-5-13-9-24(14)18(27)25(13)32-34(28,29)30/h11-14H,5-9H2,1-4H3,(H,20,21,26)(H,28,29,30)/t11?,12?,13-,14+/m1/s1.